The monoisotopic (exact) mass is 419 g/mol. The van der Waals surface area contributed by atoms with Crippen LogP contribution < -0.4 is 9.80 Å². The van der Waals surface area contributed by atoms with E-state index in [0.717, 1.165) is 16.8 Å². The van der Waals surface area contributed by atoms with Gasteiger partial charge in [-0.15, -0.1) is 0 Å². The van der Waals surface area contributed by atoms with E-state index in [9.17, 15) is 4.79 Å². The number of hydrogen-bond donors (Lipinski definition) is 0. The molecule has 0 fully saturated rings. The molecule has 0 saturated carbocycles. The zero-order valence-electron chi connectivity index (χ0n) is 18.3. The van der Waals surface area contributed by atoms with Crippen molar-refractivity contribution in [3.8, 4) is 5.75 Å². The Morgan fingerprint density at radius 3 is 2.10 bits per heavy atom. The van der Waals surface area contributed by atoms with Crippen LogP contribution in [0.4, 0.5) is 5.69 Å². The SMILES string of the molecule is COc1ccccc1N(O[Si](C)(C)C)[C@@H](C(=O)c1ccccc1)c1ccccc1C. The molecule has 0 amide bonds. The van der Waals surface area contributed by atoms with Gasteiger partial charge in [-0.3, -0.25) is 4.79 Å². The largest absolute Gasteiger partial charge is 0.494 e. The second-order valence-corrected chi connectivity index (χ2v) is 12.6. The van der Waals surface area contributed by atoms with Gasteiger partial charge in [-0.2, -0.15) is 0 Å². The molecule has 0 aliphatic rings. The number of benzene rings is 3. The fraction of sp³-hybridized carbons (Fsp3) is 0.240. The van der Waals surface area contributed by atoms with Crippen LogP contribution in [-0.4, -0.2) is 21.2 Å². The smallest absolute Gasteiger partial charge is 0.220 e. The number of methoxy groups -OCH3 is 1. The zero-order chi connectivity index (χ0) is 21.7. The quantitative estimate of drug-likeness (QED) is 0.247. The van der Waals surface area contributed by atoms with Gasteiger partial charge >= 0.3 is 0 Å². The Bertz CT molecular complexity index is 999. The minimum absolute atomic E-state index is 0.0194. The average Bonchev–Trinajstić information content (AvgIpc) is 2.74. The van der Waals surface area contributed by atoms with Crippen molar-refractivity contribution in [2.24, 2.45) is 0 Å². The van der Waals surface area contributed by atoms with Gasteiger partial charge in [-0.05, 0) is 49.8 Å². The highest BCUT2D eigenvalue weighted by Gasteiger charge is 2.35. The summed E-state index contributed by atoms with van der Waals surface area (Å²) >= 11 is 0. The molecule has 0 bridgehead atoms. The van der Waals surface area contributed by atoms with Crippen LogP contribution in [-0.2, 0) is 4.53 Å². The molecular weight excluding hydrogens is 390 g/mol. The van der Waals surface area contributed by atoms with Gasteiger partial charge in [-0.1, -0.05) is 66.7 Å². The van der Waals surface area contributed by atoms with Crippen molar-refractivity contribution in [1.29, 1.82) is 0 Å². The van der Waals surface area contributed by atoms with Crippen LogP contribution in [0.1, 0.15) is 27.5 Å². The summed E-state index contributed by atoms with van der Waals surface area (Å²) in [6, 6.07) is 24.4. The number of hydroxylamine groups is 1. The van der Waals surface area contributed by atoms with Gasteiger partial charge in [0.25, 0.3) is 0 Å². The number of para-hydroxylation sites is 2. The van der Waals surface area contributed by atoms with Crippen molar-refractivity contribution in [3.63, 3.8) is 0 Å². The van der Waals surface area contributed by atoms with Crippen molar-refractivity contribution in [3.05, 3.63) is 95.6 Å². The maximum atomic E-state index is 13.9. The molecule has 0 aromatic heterocycles. The molecule has 0 N–H and O–H groups in total. The Kier molecular flexibility index (Phi) is 6.75. The number of carbonyl (C=O) groups excluding carboxylic acids is 1. The summed E-state index contributed by atoms with van der Waals surface area (Å²) in [4.78, 5) is 13.9. The lowest BCUT2D eigenvalue weighted by Crippen LogP contribution is -2.43. The van der Waals surface area contributed by atoms with Crippen LogP contribution in [0.25, 0.3) is 0 Å². The fourth-order valence-corrected chi connectivity index (χ4v) is 4.17. The number of nitrogens with zero attached hydrogens (tertiary/aromatic N) is 1. The first-order chi connectivity index (χ1) is 14.3. The first kappa shape index (κ1) is 21.8. The summed E-state index contributed by atoms with van der Waals surface area (Å²) in [5.74, 6) is 0.643. The summed E-state index contributed by atoms with van der Waals surface area (Å²) in [6.07, 6.45) is 0. The normalized spacial score (nSPS) is 12.3. The molecule has 0 unspecified atom stereocenters. The number of ether oxygens (including phenoxy) is 1. The van der Waals surface area contributed by atoms with Crippen molar-refractivity contribution < 1.29 is 14.1 Å². The van der Waals surface area contributed by atoms with Gasteiger partial charge in [0, 0.05) is 5.56 Å². The Morgan fingerprint density at radius 2 is 1.47 bits per heavy atom. The highest BCUT2D eigenvalue weighted by atomic mass is 28.4. The summed E-state index contributed by atoms with van der Waals surface area (Å²) < 4.78 is 12.2. The highest BCUT2D eigenvalue weighted by Crippen LogP contribution is 2.38. The maximum Gasteiger partial charge on any atom is 0.220 e. The molecule has 5 heteroatoms. The van der Waals surface area contributed by atoms with Gasteiger partial charge < -0.3 is 9.26 Å². The van der Waals surface area contributed by atoms with E-state index < -0.39 is 14.4 Å². The molecule has 156 valence electrons. The molecule has 4 nitrogen and oxygen atoms in total. The molecule has 0 saturated heterocycles. The van der Waals surface area contributed by atoms with Gasteiger partial charge in [0.05, 0.1) is 7.11 Å². The predicted molar refractivity (Wildman–Crippen MR) is 125 cm³/mol. The average molecular weight is 420 g/mol. The van der Waals surface area contributed by atoms with Crippen LogP contribution in [0.15, 0.2) is 78.9 Å². The molecule has 3 aromatic carbocycles. The van der Waals surface area contributed by atoms with Crippen molar-refractivity contribution in [1.82, 2.24) is 0 Å². The van der Waals surface area contributed by atoms with Crippen LogP contribution in [0.2, 0.25) is 19.6 Å². The molecule has 3 aromatic rings. The lowest BCUT2D eigenvalue weighted by molar-refractivity contribution is 0.0904. The molecule has 3 rings (SSSR count). The summed E-state index contributed by atoms with van der Waals surface area (Å²) in [7, 11) is -0.448. The van der Waals surface area contributed by atoms with Crippen LogP contribution in [0, 0.1) is 6.92 Å². The first-order valence-corrected chi connectivity index (χ1v) is 13.5. The summed E-state index contributed by atoms with van der Waals surface area (Å²) in [5.41, 5.74) is 3.33. The standard InChI is InChI=1S/C25H29NO3Si/c1-19-13-9-10-16-21(19)24(25(27)20-14-7-6-8-15-20)26(29-30(3,4)5)22-17-11-12-18-23(22)28-2/h6-18,24H,1-5H3/t24-/m1/s1. The zero-order valence-corrected chi connectivity index (χ0v) is 19.3. The van der Waals surface area contributed by atoms with Crippen molar-refractivity contribution >= 4 is 19.8 Å². The number of aryl methyl sites for hydroxylation is 1. The topological polar surface area (TPSA) is 38.8 Å². The summed E-state index contributed by atoms with van der Waals surface area (Å²) in [6.45, 7) is 8.35. The minimum Gasteiger partial charge on any atom is -0.494 e. The Balaban J connectivity index is 2.23. The summed E-state index contributed by atoms with van der Waals surface area (Å²) in [5, 5.41) is 1.77. The van der Waals surface area contributed by atoms with Crippen LogP contribution >= 0.6 is 0 Å². The third-order valence-electron chi connectivity index (χ3n) is 4.72. The fourth-order valence-electron chi connectivity index (χ4n) is 3.38. The van der Waals surface area contributed by atoms with Gasteiger partial charge in [0.2, 0.25) is 8.32 Å². The lowest BCUT2D eigenvalue weighted by atomic mass is 9.93. The minimum atomic E-state index is -2.08. The molecular formula is C25H29NO3Si. The van der Waals surface area contributed by atoms with Crippen LogP contribution in [0.5, 0.6) is 5.75 Å². The number of ketones is 1. The number of anilines is 1. The number of rotatable bonds is 8. The van der Waals surface area contributed by atoms with Gasteiger partial charge in [-0.25, -0.2) is 5.06 Å². The third-order valence-corrected chi connectivity index (χ3v) is 5.46. The lowest BCUT2D eigenvalue weighted by Gasteiger charge is -2.37. The Morgan fingerprint density at radius 1 is 0.867 bits per heavy atom. The van der Waals surface area contributed by atoms with E-state index in [1.54, 1.807) is 12.2 Å². The van der Waals surface area contributed by atoms with E-state index in [2.05, 4.69) is 19.6 Å². The molecule has 30 heavy (non-hydrogen) atoms. The van der Waals surface area contributed by atoms with E-state index in [-0.39, 0.29) is 5.78 Å². The van der Waals surface area contributed by atoms with Crippen molar-refractivity contribution in [2.45, 2.75) is 32.6 Å². The first-order valence-electron chi connectivity index (χ1n) is 10.1. The van der Waals surface area contributed by atoms with E-state index >= 15 is 0 Å². The number of carbonyl (C=O) groups is 1. The van der Waals surface area contributed by atoms with Crippen molar-refractivity contribution in [2.75, 3.05) is 12.2 Å². The van der Waals surface area contributed by atoms with E-state index in [0.29, 0.717) is 11.3 Å². The van der Waals surface area contributed by atoms with E-state index in [1.807, 2.05) is 85.8 Å². The van der Waals surface area contributed by atoms with Gasteiger partial charge in [0.15, 0.2) is 5.78 Å². The predicted octanol–water partition coefficient (Wildman–Crippen LogP) is 6.20. The van der Waals surface area contributed by atoms with Crippen LogP contribution in [0.3, 0.4) is 0 Å². The van der Waals surface area contributed by atoms with Gasteiger partial charge in [0.1, 0.15) is 17.5 Å². The molecule has 0 radical (unpaired) electrons. The molecule has 0 aliphatic heterocycles. The number of hydrogen-bond acceptors (Lipinski definition) is 4. The molecule has 0 spiro atoms. The molecule has 0 aliphatic carbocycles. The Hall–Kier alpha value is -2.89. The van der Waals surface area contributed by atoms with E-state index in [4.69, 9.17) is 9.26 Å². The maximum absolute atomic E-state index is 13.9. The molecule has 0 heterocycles. The number of Topliss-reactive ketones (excluding diaryl/α,β-unsaturated/α-hetero) is 1. The van der Waals surface area contributed by atoms with E-state index in [1.165, 1.54) is 0 Å². The molecule has 1 atom stereocenters. The second kappa shape index (κ2) is 9.28. The Labute approximate surface area is 180 Å². The second-order valence-electron chi connectivity index (χ2n) is 8.19. The third kappa shape index (κ3) is 4.98. The highest BCUT2D eigenvalue weighted by molar-refractivity contribution is 6.69.